The molecule has 1 aliphatic rings. The number of methoxy groups -OCH3 is 1. The Hall–Kier alpha value is -2.67. The minimum atomic E-state index is -0.802. The first kappa shape index (κ1) is 19.1. The second-order valence-electron chi connectivity index (χ2n) is 6.11. The van der Waals surface area contributed by atoms with Gasteiger partial charge < -0.3 is 15.0 Å². The molecule has 3 rings (SSSR count). The summed E-state index contributed by atoms with van der Waals surface area (Å²) in [5.74, 6) is -2.07. The van der Waals surface area contributed by atoms with E-state index in [1.54, 1.807) is 12.1 Å². The lowest BCUT2D eigenvalue weighted by Crippen LogP contribution is -2.43. The second-order valence-corrected chi connectivity index (χ2v) is 6.55. The fourth-order valence-electron chi connectivity index (χ4n) is 3.09. The molecule has 0 spiro atoms. The fraction of sp³-hybridized carbons (Fsp3) is 0.263. The first-order valence-electron chi connectivity index (χ1n) is 8.31. The van der Waals surface area contributed by atoms with Crippen LogP contribution in [0.2, 0.25) is 5.02 Å². The number of rotatable bonds is 4. The van der Waals surface area contributed by atoms with Crippen LogP contribution in [0.25, 0.3) is 0 Å². The number of benzene rings is 2. The van der Waals surface area contributed by atoms with Crippen LogP contribution in [0.4, 0.5) is 14.5 Å². The van der Waals surface area contributed by atoms with Crippen molar-refractivity contribution in [3.05, 3.63) is 58.6 Å². The number of nitrogens with one attached hydrogen (secondary N) is 1. The Morgan fingerprint density at radius 2 is 2.00 bits per heavy atom. The van der Waals surface area contributed by atoms with Gasteiger partial charge in [-0.05, 0) is 43.2 Å². The number of ether oxygens (including phenoxy) is 1. The molecule has 142 valence electrons. The molecule has 2 aromatic rings. The molecule has 2 aromatic carbocycles. The van der Waals surface area contributed by atoms with Gasteiger partial charge in [0.05, 0.1) is 18.4 Å². The predicted octanol–water partition coefficient (Wildman–Crippen LogP) is 3.87. The average Bonchev–Trinajstić information content (AvgIpc) is 3.14. The van der Waals surface area contributed by atoms with Crippen molar-refractivity contribution in [2.75, 3.05) is 19.0 Å². The van der Waals surface area contributed by atoms with Gasteiger partial charge in [0.2, 0.25) is 5.91 Å². The van der Waals surface area contributed by atoms with Crippen LogP contribution in [0.15, 0.2) is 36.4 Å². The number of hydrogen-bond donors (Lipinski definition) is 1. The Kier molecular flexibility index (Phi) is 5.60. The maximum Gasteiger partial charge on any atom is 0.258 e. The first-order valence-corrected chi connectivity index (χ1v) is 8.69. The van der Waals surface area contributed by atoms with Crippen LogP contribution in [0.1, 0.15) is 23.2 Å². The molecule has 0 unspecified atom stereocenters. The number of anilines is 1. The molecular formula is C19H17ClF2N2O3. The zero-order chi connectivity index (χ0) is 19.6. The molecule has 1 saturated heterocycles. The van der Waals surface area contributed by atoms with E-state index in [0.717, 1.165) is 18.2 Å². The SMILES string of the molecule is COc1ccc(Cl)cc1C(=O)N1CCC[C@H]1C(=O)Nc1cc(F)ccc1F. The van der Waals surface area contributed by atoms with Crippen molar-refractivity contribution in [3.8, 4) is 5.75 Å². The molecule has 0 aromatic heterocycles. The average molecular weight is 395 g/mol. The summed E-state index contributed by atoms with van der Waals surface area (Å²) < 4.78 is 32.3. The monoisotopic (exact) mass is 394 g/mol. The Balaban J connectivity index is 1.82. The summed E-state index contributed by atoms with van der Waals surface area (Å²) in [6.45, 7) is 0.359. The van der Waals surface area contributed by atoms with Crippen molar-refractivity contribution in [2.45, 2.75) is 18.9 Å². The number of nitrogens with zero attached hydrogens (tertiary/aromatic N) is 1. The van der Waals surface area contributed by atoms with Crippen LogP contribution in [0.3, 0.4) is 0 Å². The minimum absolute atomic E-state index is 0.238. The minimum Gasteiger partial charge on any atom is -0.496 e. The highest BCUT2D eigenvalue weighted by Crippen LogP contribution is 2.28. The van der Waals surface area contributed by atoms with E-state index in [-0.39, 0.29) is 11.3 Å². The summed E-state index contributed by atoms with van der Waals surface area (Å²) in [5, 5.41) is 2.73. The number of carbonyl (C=O) groups excluding carboxylic acids is 2. The van der Waals surface area contributed by atoms with Crippen molar-refractivity contribution in [3.63, 3.8) is 0 Å². The van der Waals surface area contributed by atoms with Crippen LogP contribution in [0, 0.1) is 11.6 Å². The second kappa shape index (κ2) is 7.92. The summed E-state index contributed by atoms with van der Waals surface area (Å²) >= 11 is 5.98. The van der Waals surface area contributed by atoms with E-state index in [0.29, 0.717) is 30.2 Å². The Bertz CT molecular complexity index is 891. The topological polar surface area (TPSA) is 58.6 Å². The fourth-order valence-corrected chi connectivity index (χ4v) is 3.27. The van der Waals surface area contributed by atoms with Crippen molar-refractivity contribution >= 4 is 29.1 Å². The van der Waals surface area contributed by atoms with Crippen molar-refractivity contribution in [1.29, 1.82) is 0 Å². The lowest BCUT2D eigenvalue weighted by molar-refractivity contribution is -0.119. The highest BCUT2D eigenvalue weighted by Gasteiger charge is 2.36. The molecular weight excluding hydrogens is 378 g/mol. The third kappa shape index (κ3) is 4.03. The summed E-state index contributed by atoms with van der Waals surface area (Å²) in [4.78, 5) is 26.9. The number of carbonyl (C=O) groups is 2. The number of hydrogen-bond acceptors (Lipinski definition) is 3. The molecule has 27 heavy (non-hydrogen) atoms. The molecule has 1 atom stereocenters. The molecule has 0 aliphatic carbocycles. The Morgan fingerprint density at radius 1 is 1.22 bits per heavy atom. The molecule has 0 saturated carbocycles. The first-order chi connectivity index (χ1) is 12.9. The molecule has 0 radical (unpaired) electrons. The number of likely N-dealkylation sites (tertiary alicyclic amines) is 1. The molecule has 1 aliphatic heterocycles. The molecule has 0 bridgehead atoms. The van der Waals surface area contributed by atoms with Gasteiger partial charge in [-0.3, -0.25) is 9.59 Å². The molecule has 1 N–H and O–H groups in total. The van der Waals surface area contributed by atoms with Crippen LogP contribution in [-0.2, 0) is 4.79 Å². The quantitative estimate of drug-likeness (QED) is 0.856. The van der Waals surface area contributed by atoms with Crippen LogP contribution >= 0.6 is 11.6 Å². The van der Waals surface area contributed by atoms with Gasteiger partial charge in [0.25, 0.3) is 5.91 Å². The van der Waals surface area contributed by atoms with Crippen LogP contribution in [0.5, 0.6) is 5.75 Å². The smallest absolute Gasteiger partial charge is 0.258 e. The van der Waals surface area contributed by atoms with Gasteiger partial charge >= 0.3 is 0 Å². The standard InChI is InChI=1S/C19H17ClF2N2O3/c1-27-17-7-4-11(20)9-13(17)19(26)24-8-2-3-16(24)18(25)23-15-10-12(21)5-6-14(15)22/h4-7,9-10,16H,2-3,8H2,1H3,(H,23,25)/t16-/m0/s1. The summed E-state index contributed by atoms with van der Waals surface area (Å²) in [6.07, 6.45) is 1.02. The maximum atomic E-state index is 13.8. The van der Waals surface area contributed by atoms with E-state index in [1.165, 1.54) is 18.1 Å². The van der Waals surface area contributed by atoms with Gasteiger partial charge in [0.15, 0.2) is 0 Å². The largest absolute Gasteiger partial charge is 0.496 e. The molecule has 1 heterocycles. The number of halogens is 3. The lowest BCUT2D eigenvalue weighted by Gasteiger charge is -2.25. The van der Waals surface area contributed by atoms with E-state index in [9.17, 15) is 18.4 Å². The van der Waals surface area contributed by atoms with Gasteiger partial charge in [-0.15, -0.1) is 0 Å². The van der Waals surface area contributed by atoms with Crippen molar-refractivity contribution < 1.29 is 23.1 Å². The predicted molar refractivity (Wildman–Crippen MR) is 97.1 cm³/mol. The van der Waals surface area contributed by atoms with Crippen LogP contribution in [-0.4, -0.2) is 36.4 Å². The van der Waals surface area contributed by atoms with E-state index >= 15 is 0 Å². The molecule has 1 fully saturated rings. The van der Waals surface area contributed by atoms with E-state index in [4.69, 9.17) is 16.3 Å². The van der Waals surface area contributed by atoms with Gasteiger partial charge in [-0.1, -0.05) is 11.6 Å². The summed E-state index contributed by atoms with van der Waals surface area (Å²) in [6, 6.07) is 6.63. The third-order valence-electron chi connectivity index (χ3n) is 4.39. The summed E-state index contributed by atoms with van der Waals surface area (Å²) in [7, 11) is 1.43. The van der Waals surface area contributed by atoms with E-state index < -0.39 is 29.5 Å². The zero-order valence-corrected chi connectivity index (χ0v) is 15.2. The van der Waals surface area contributed by atoms with Crippen LogP contribution < -0.4 is 10.1 Å². The van der Waals surface area contributed by atoms with Gasteiger partial charge in [-0.25, -0.2) is 8.78 Å². The highest BCUT2D eigenvalue weighted by atomic mass is 35.5. The zero-order valence-electron chi connectivity index (χ0n) is 14.5. The Labute approximate surface area is 159 Å². The third-order valence-corrected chi connectivity index (χ3v) is 4.63. The van der Waals surface area contributed by atoms with Crippen molar-refractivity contribution in [1.82, 2.24) is 4.90 Å². The maximum absolute atomic E-state index is 13.8. The highest BCUT2D eigenvalue weighted by molar-refractivity contribution is 6.31. The Morgan fingerprint density at radius 3 is 2.74 bits per heavy atom. The molecule has 5 nitrogen and oxygen atoms in total. The lowest BCUT2D eigenvalue weighted by atomic mass is 10.1. The van der Waals surface area contributed by atoms with Crippen molar-refractivity contribution in [2.24, 2.45) is 0 Å². The normalized spacial score (nSPS) is 16.3. The number of amides is 2. The van der Waals surface area contributed by atoms with Gasteiger partial charge in [0, 0.05) is 17.6 Å². The van der Waals surface area contributed by atoms with E-state index in [2.05, 4.69) is 5.32 Å². The van der Waals surface area contributed by atoms with E-state index in [1.807, 2.05) is 0 Å². The molecule has 2 amide bonds. The van der Waals surface area contributed by atoms with Gasteiger partial charge in [0.1, 0.15) is 23.4 Å². The van der Waals surface area contributed by atoms with Gasteiger partial charge in [-0.2, -0.15) is 0 Å². The summed E-state index contributed by atoms with van der Waals surface area (Å²) in [5.41, 5.74) is -0.0266. The molecule has 8 heteroatoms.